The Kier molecular flexibility index (Phi) is 4.89. The molecule has 0 aliphatic heterocycles. The van der Waals surface area contributed by atoms with Gasteiger partial charge in [-0.3, -0.25) is 0 Å². The van der Waals surface area contributed by atoms with Crippen LogP contribution in [0.5, 0.6) is 0 Å². The highest BCUT2D eigenvalue weighted by Crippen LogP contribution is 2.25. The van der Waals surface area contributed by atoms with Crippen LogP contribution in [0.3, 0.4) is 0 Å². The van der Waals surface area contributed by atoms with Crippen molar-refractivity contribution in [3.05, 3.63) is 29.3 Å². The van der Waals surface area contributed by atoms with Crippen molar-refractivity contribution in [1.29, 1.82) is 0 Å². The van der Waals surface area contributed by atoms with Crippen LogP contribution < -0.4 is 5.32 Å². The molecule has 94 valence electrons. The Balaban J connectivity index is 1.95. The predicted octanol–water partition coefficient (Wildman–Crippen LogP) is 2.99. The molecule has 1 aliphatic carbocycles. The second-order valence-electron chi connectivity index (χ2n) is 4.61. The van der Waals surface area contributed by atoms with Crippen LogP contribution in [0.25, 0.3) is 0 Å². The molecule has 0 saturated heterocycles. The van der Waals surface area contributed by atoms with Crippen LogP contribution in [0.4, 0.5) is 0 Å². The average Bonchev–Trinajstić information content (AvgIpc) is 3.13. The third kappa shape index (κ3) is 4.34. The van der Waals surface area contributed by atoms with Gasteiger partial charge in [-0.15, -0.1) is 11.8 Å². The molecule has 1 N–H and O–H groups in total. The van der Waals surface area contributed by atoms with Gasteiger partial charge in [0.15, 0.2) is 0 Å². The molecule has 1 saturated carbocycles. The summed E-state index contributed by atoms with van der Waals surface area (Å²) in [7, 11) is 1.76. The van der Waals surface area contributed by atoms with Crippen molar-refractivity contribution < 1.29 is 4.74 Å². The van der Waals surface area contributed by atoms with Gasteiger partial charge in [0.05, 0.1) is 6.61 Å². The zero-order chi connectivity index (χ0) is 12.1. The van der Waals surface area contributed by atoms with Gasteiger partial charge in [-0.05, 0) is 31.4 Å². The molecule has 0 spiro atoms. The molecule has 1 aromatic carbocycles. The first-order valence-electron chi connectivity index (χ1n) is 6.24. The average molecular weight is 251 g/mol. The lowest BCUT2D eigenvalue weighted by molar-refractivity contribution is 0.218. The number of rotatable bonds is 7. The predicted molar refractivity (Wildman–Crippen MR) is 73.6 cm³/mol. The number of benzene rings is 1. The summed E-state index contributed by atoms with van der Waals surface area (Å²) >= 11 is 1.89. The molecule has 0 radical (unpaired) electrons. The molecule has 1 aliphatic rings. The van der Waals surface area contributed by atoms with Crippen molar-refractivity contribution in [3.63, 3.8) is 0 Å². The number of hydrogen-bond acceptors (Lipinski definition) is 3. The number of hydrogen-bond donors (Lipinski definition) is 1. The summed E-state index contributed by atoms with van der Waals surface area (Å²) in [6.07, 6.45) is 2.69. The first-order chi connectivity index (χ1) is 8.29. The van der Waals surface area contributed by atoms with E-state index < -0.39 is 0 Å². The minimum Gasteiger partial charge on any atom is -0.384 e. The van der Waals surface area contributed by atoms with Crippen LogP contribution in [0.1, 0.15) is 24.0 Å². The molecule has 1 fully saturated rings. The lowest BCUT2D eigenvalue weighted by Gasteiger charge is -2.11. The Bertz CT molecular complexity index is 363. The lowest BCUT2D eigenvalue weighted by Crippen LogP contribution is -2.16. The van der Waals surface area contributed by atoms with Crippen molar-refractivity contribution in [1.82, 2.24) is 5.32 Å². The Hall–Kier alpha value is -0.510. The number of nitrogens with one attached hydrogen (secondary N) is 1. The van der Waals surface area contributed by atoms with Gasteiger partial charge in [0, 0.05) is 30.3 Å². The lowest BCUT2D eigenvalue weighted by atomic mass is 10.1. The van der Waals surface area contributed by atoms with E-state index >= 15 is 0 Å². The molecule has 0 bridgehead atoms. The van der Waals surface area contributed by atoms with Gasteiger partial charge in [0.1, 0.15) is 0 Å². The minimum atomic E-state index is 0.771. The monoisotopic (exact) mass is 251 g/mol. The SMILES string of the molecule is COCCSc1ccc(C)cc1CNC1CC1. The van der Waals surface area contributed by atoms with Gasteiger partial charge in [0.2, 0.25) is 0 Å². The van der Waals surface area contributed by atoms with E-state index in [-0.39, 0.29) is 0 Å². The van der Waals surface area contributed by atoms with Gasteiger partial charge in [-0.1, -0.05) is 17.7 Å². The fourth-order valence-electron chi connectivity index (χ4n) is 1.76. The van der Waals surface area contributed by atoms with E-state index in [0.717, 1.165) is 24.9 Å². The Morgan fingerprint density at radius 2 is 2.24 bits per heavy atom. The summed E-state index contributed by atoms with van der Waals surface area (Å²) in [6, 6.07) is 7.49. The molecular formula is C14H21NOS. The summed E-state index contributed by atoms with van der Waals surface area (Å²) < 4.78 is 5.10. The van der Waals surface area contributed by atoms with Gasteiger partial charge in [0.25, 0.3) is 0 Å². The van der Waals surface area contributed by atoms with Crippen molar-refractivity contribution in [3.8, 4) is 0 Å². The standard InChI is InChI=1S/C14H21NOS/c1-11-3-6-14(17-8-7-16-2)12(9-11)10-15-13-4-5-13/h3,6,9,13,15H,4-5,7-8,10H2,1-2H3. The molecule has 0 atom stereocenters. The summed E-state index contributed by atoms with van der Waals surface area (Å²) in [5, 5.41) is 3.59. The Morgan fingerprint density at radius 3 is 2.94 bits per heavy atom. The maximum atomic E-state index is 5.10. The summed E-state index contributed by atoms with van der Waals surface area (Å²) in [5.41, 5.74) is 2.77. The number of methoxy groups -OCH3 is 1. The third-order valence-electron chi connectivity index (χ3n) is 2.92. The van der Waals surface area contributed by atoms with Crippen molar-refractivity contribution >= 4 is 11.8 Å². The second kappa shape index (κ2) is 6.43. The quantitative estimate of drug-likeness (QED) is 0.594. The van der Waals surface area contributed by atoms with Crippen LogP contribution in [-0.4, -0.2) is 25.5 Å². The van der Waals surface area contributed by atoms with Gasteiger partial charge in [-0.25, -0.2) is 0 Å². The van der Waals surface area contributed by atoms with Crippen molar-refractivity contribution in [2.75, 3.05) is 19.5 Å². The van der Waals surface area contributed by atoms with E-state index in [2.05, 4.69) is 30.4 Å². The Morgan fingerprint density at radius 1 is 1.41 bits per heavy atom. The largest absolute Gasteiger partial charge is 0.384 e. The van der Waals surface area contributed by atoms with Crippen LogP contribution >= 0.6 is 11.8 Å². The number of ether oxygens (including phenoxy) is 1. The smallest absolute Gasteiger partial charge is 0.0556 e. The molecule has 2 rings (SSSR count). The first-order valence-corrected chi connectivity index (χ1v) is 7.23. The molecule has 0 unspecified atom stereocenters. The van der Waals surface area contributed by atoms with Gasteiger partial charge < -0.3 is 10.1 Å². The highest BCUT2D eigenvalue weighted by molar-refractivity contribution is 7.99. The molecule has 17 heavy (non-hydrogen) atoms. The summed E-state index contributed by atoms with van der Waals surface area (Å²) in [4.78, 5) is 1.39. The molecule has 2 nitrogen and oxygen atoms in total. The van der Waals surface area contributed by atoms with E-state index in [1.807, 2.05) is 11.8 Å². The highest BCUT2D eigenvalue weighted by Gasteiger charge is 2.20. The fourth-order valence-corrected chi connectivity index (χ4v) is 2.71. The number of thioether (sulfide) groups is 1. The molecule has 1 aromatic rings. The van der Waals surface area contributed by atoms with Gasteiger partial charge >= 0.3 is 0 Å². The molecular weight excluding hydrogens is 230 g/mol. The van der Waals surface area contributed by atoms with Crippen molar-refractivity contribution in [2.45, 2.75) is 37.2 Å². The zero-order valence-electron chi connectivity index (χ0n) is 10.7. The van der Waals surface area contributed by atoms with Gasteiger partial charge in [-0.2, -0.15) is 0 Å². The summed E-state index contributed by atoms with van der Waals surface area (Å²) in [5.74, 6) is 1.02. The molecule has 3 heteroatoms. The molecule has 0 heterocycles. The summed E-state index contributed by atoms with van der Waals surface area (Å²) in [6.45, 7) is 3.97. The van der Waals surface area contributed by atoms with Crippen LogP contribution in [0.2, 0.25) is 0 Å². The van der Waals surface area contributed by atoms with Crippen LogP contribution in [-0.2, 0) is 11.3 Å². The van der Waals surface area contributed by atoms with Crippen molar-refractivity contribution in [2.24, 2.45) is 0 Å². The topological polar surface area (TPSA) is 21.3 Å². The highest BCUT2D eigenvalue weighted by atomic mass is 32.2. The third-order valence-corrected chi connectivity index (χ3v) is 4.00. The second-order valence-corrected chi connectivity index (χ2v) is 5.74. The zero-order valence-corrected chi connectivity index (χ0v) is 11.5. The van der Waals surface area contributed by atoms with Crippen LogP contribution in [0, 0.1) is 6.92 Å². The maximum absolute atomic E-state index is 5.10. The minimum absolute atomic E-state index is 0.771. The van der Waals surface area contributed by atoms with E-state index in [1.165, 1.54) is 28.9 Å². The van der Waals surface area contributed by atoms with Crippen LogP contribution in [0.15, 0.2) is 23.1 Å². The van der Waals surface area contributed by atoms with E-state index in [0.29, 0.717) is 0 Å². The fraction of sp³-hybridized carbons (Fsp3) is 0.571. The molecule has 0 amide bonds. The normalized spacial score (nSPS) is 15.2. The van der Waals surface area contributed by atoms with E-state index in [1.54, 1.807) is 7.11 Å². The maximum Gasteiger partial charge on any atom is 0.0556 e. The number of aryl methyl sites for hydroxylation is 1. The first kappa shape index (κ1) is 12.9. The van der Waals surface area contributed by atoms with E-state index in [4.69, 9.17) is 4.74 Å². The Labute approximate surface area is 108 Å². The molecule has 0 aromatic heterocycles. The van der Waals surface area contributed by atoms with E-state index in [9.17, 15) is 0 Å².